The molecule has 0 radical (unpaired) electrons. The number of ether oxygens (including phenoxy) is 3. The molecule has 1 heterocycles. The highest BCUT2D eigenvalue weighted by Gasteiger charge is 2.23. The molecule has 0 saturated heterocycles. The molecule has 35 heavy (non-hydrogen) atoms. The third-order valence-corrected chi connectivity index (χ3v) is 6.97. The fourth-order valence-corrected chi connectivity index (χ4v) is 4.77. The van der Waals surface area contributed by atoms with Crippen molar-refractivity contribution in [3.05, 3.63) is 21.5 Å². The molecule has 1 aromatic rings. The highest BCUT2D eigenvalue weighted by atomic mass is 16.5. The van der Waals surface area contributed by atoms with Crippen LogP contribution >= 0.6 is 0 Å². The Kier molecular flexibility index (Phi) is 16.4. The van der Waals surface area contributed by atoms with Gasteiger partial charge >= 0.3 is 0 Å². The van der Waals surface area contributed by atoms with E-state index in [1.54, 1.807) is 7.11 Å². The Balaban J connectivity index is 0.00000267. The first kappa shape index (κ1) is 33.0. The summed E-state index contributed by atoms with van der Waals surface area (Å²) in [7, 11) is 4.90. The lowest BCUT2D eigenvalue weighted by molar-refractivity contribution is -0.302. The number of rotatable bonds is 15. The fraction of sp³-hybridized carbons (Fsp3) is 0.786. The topological polar surface area (TPSA) is 101 Å². The third kappa shape index (κ3) is 12.0. The average molecular weight is 497 g/mol. The van der Waals surface area contributed by atoms with Gasteiger partial charge in [-0.3, -0.25) is 4.79 Å². The largest absolute Gasteiger partial charge is 0.550 e. The van der Waals surface area contributed by atoms with Gasteiger partial charge in [0.25, 0.3) is 0 Å². The predicted molar refractivity (Wildman–Crippen MR) is 140 cm³/mol. The summed E-state index contributed by atoms with van der Waals surface area (Å²) in [5.74, 6) is 2.12. The zero-order valence-electron chi connectivity index (χ0n) is 23.8. The van der Waals surface area contributed by atoms with E-state index in [-0.39, 0.29) is 11.2 Å². The van der Waals surface area contributed by atoms with E-state index in [1.165, 1.54) is 39.2 Å². The average Bonchev–Trinajstić information content (AvgIpc) is 2.79. The first-order chi connectivity index (χ1) is 16.4. The lowest BCUT2D eigenvalue weighted by atomic mass is 9.83. The lowest BCUT2D eigenvalue weighted by Gasteiger charge is -2.29. The minimum absolute atomic E-state index is 0.0875. The Morgan fingerprint density at radius 1 is 0.971 bits per heavy atom. The maximum atomic E-state index is 12.5. The van der Waals surface area contributed by atoms with Gasteiger partial charge in [0.15, 0.2) is 0 Å². The third-order valence-electron chi connectivity index (χ3n) is 6.97. The fourth-order valence-electron chi connectivity index (χ4n) is 4.77. The van der Waals surface area contributed by atoms with Gasteiger partial charge in [-0.05, 0) is 56.8 Å². The molecular formula is C28H50NO6-. The number of aromatic nitrogens is 1. The minimum Gasteiger partial charge on any atom is -0.550 e. The van der Waals surface area contributed by atoms with E-state index in [2.05, 4.69) is 39.6 Å². The standard InChI is InChI=1S/C26H47NO4.C2H4O2/c1-10-19(4)24(29-7)20(5)16-18(3)13-11-12-17(2)14-15-22-21(6)23(28)25(30-8)26(27-22)31-9;1-2(3)4/h17-20,24H,10-16H2,1-9H3,(H,27,28);1H3,(H,3,4)/p-1. The van der Waals surface area contributed by atoms with Gasteiger partial charge in [0.1, 0.15) is 0 Å². The molecule has 1 rings (SSSR count). The second kappa shape index (κ2) is 17.4. The Bertz CT molecular complexity index is 786. The van der Waals surface area contributed by atoms with Crippen molar-refractivity contribution in [3.8, 4) is 11.6 Å². The number of aryl methyl sites for hydroxylation is 1. The van der Waals surface area contributed by atoms with Crippen LogP contribution in [0.3, 0.4) is 0 Å². The zero-order chi connectivity index (χ0) is 27.1. The van der Waals surface area contributed by atoms with E-state index >= 15 is 0 Å². The van der Waals surface area contributed by atoms with Crippen molar-refractivity contribution in [1.29, 1.82) is 0 Å². The van der Waals surface area contributed by atoms with Crippen molar-refractivity contribution in [1.82, 2.24) is 4.98 Å². The first-order valence-corrected chi connectivity index (χ1v) is 13.0. The van der Waals surface area contributed by atoms with Gasteiger partial charge in [-0.1, -0.05) is 60.3 Å². The van der Waals surface area contributed by atoms with Crippen molar-refractivity contribution in [2.24, 2.45) is 23.7 Å². The van der Waals surface area contributed by atoms with Crippen molar-refractivity contribution < 1.29 is 24.1 Å². The number of hydrogen-bond donors (Lipinski definition) is 1. The smallest absolute Gasteiger partial charge is 0.238 e. The van der Waals surface area contributed by atoms with Gasteiger partial charge in [-0.2, -0.15) is 0 Å². The number of carbonyl (C=O) groups is 1. The highest BCUT2D eigenvalue weighted by molar-refractivity contribution is 5.60. The summed E-state index contributed by atoms with van der Waals surface area (Å²) in [6, 6.07) is 0. The van der Waals surface area contributed by atoms with Crippen molar-refractivity contribution in [3.63, 3.8) is 0 Å². The maximum absolute atomic E-state index is 12.5. The quantitative estimate of drug-likeness (QED) is 0.370. The van der Waals surface area contributed by atoms with Crippen LogP contribution in [0.25, 0.3) is 0 Å². The predicted octanol–water partition coefficient (Wildman–Crippen LogP) is 4.92. The number of pyridine rings is 1. The molecule has 0 amide bonds. The number of H-pyrrole nitrogens is 1. The van der Waals surface area contributed by atoms with Crippen LogP contribution in [0.2, 0.25) is 0 Å². The SMILES string of the molecule is CC(=O)[O-].CCC(C)C(OC)C(C)CC(C)CCCC(C)CCc1[nH]c(OC)c(OC)c(=O)c1C. The Morgan fingerprint density at radius 2 is 1.54 bits per heavy atom. The van der Waals surface area contributed by atoms with E-state index in [0.29, 0.717) is 35.7 Å². The van der Waals surface area contributed by atoms with Gasteiger partial charge < -0.3 is 29.1 Å². The molecule has 0 aliphatic carbocycles. The summed E-state index contributed by atoms with van der Waals surface area (Å²) in [6.07, 6.45) is 8.38. The van der Waals surface area contributed by atoms with Gasteiger partial charge in [-0.15, -0.1) is 0 Å². The molecule has 0 fully saturated rings. The minimum atomic E-state index is -1.08. The number of carboxylic acids is 1. The van der Waals surface area contributed by atoms with Crippen molar-refractivity contribution >= 4 is 5.97 Å². The van der Waals surface area contributed by atoms with E-state index < -0.39 is 5.97 Å². The Hall–Kier alpha value is -2.02. The molecule has 0 bridgehead atoms. The van der Waals surface area contributed by atoms with E-state index in [9.17, 15) is 4.79 Å². The molecule has 7 heteroatoms. The molecule has 1 aromatic heterocycles. The van der Waals surface area contributed by atoms with Gasteiger partial charge in [0.05, 0.1) is 20.3 Å². The van der Waals surface area contributed by atoms with Gasteiger partial charge in [0.2, 0.25) is 17.1 Å². The number of methoxy groups -OCH3 is 3. The maximum Gasteiger partial charge on any atom is 0.238 e. The summed E-state index contributed by atoms with van der Waals surface area (Å²) in [6.45, 7) is 14.4. The summed E-state index contributed by atoms with van der Waals surface area (Å²) in [4.78, 5) is 24.6. The molecule has 204 valence electrons. The van der Waals surface area contributed by atoms with Crippen LogP contribution in [-0.2, 0) is 16.0 Å². The summed E-state index contributed by atoms with van der Waals surface area (Å²) in [5.41, 5.74) is 1.59. The lowest BCUT2D eigenvalue weighted by Crippen LogP contribution is -2.28. The van der Waals surface area contributed by atoms with Crippen LogP contribution in [0, 0.1) is 30.6 Å². The molecule has 7 nitrogen and oxygen atoms in total. The second-order valence-corrected chi connectivity index (χ2v) is 10.1. The zero-order valence-corrected chi connectivity index (χ0v) is 23.8. The number of aliphatic carboxylic acids is 1. The Labute approximate surface area is 213 Å². The number of nitrogens with one attached hydrogen (secondary N) is 1. The molecule has 0 aliphatic heterocycles. The van der Waals surface area contributed by atoms with Crippen molar-refractivity contribution in [2.75, 3.05) is 21.3 Å². The summed E-state index contributed by atoms with van der Waals surface area (Å²) < 4.78 is 16.3. The number of carboxylic acid groups (broad SMARTS) is 1. The van der Waals surface area contributed by atoms with E-state index in [1.807, 2.05) is 14.0 Å². The number of hydrogen-bond acceptors (Lipinski definition) is 6. The van der Waals surface area contributed by atoms with Crippen LogP contribution in [0.5, 0.6) is 11.6 Å². The number of carbonyl (C=O) groups excluding carboxylic acids is 1. The van der Waals surface area contributed by atoms with E-state index in [4.69, 9.17) is 24.1 Å². The summed E-state index contributed by atoms with van der Waals surface area (Å²) >= 11 is 0. The number of aromatic amines is 1. The molecule has 5 atom stereocenters. The van der Waals surface area contributed by atoms with Crippen LogP contribution in [0.4, 0.5) is 0 Å². The van der Waals surface area contributed by atoms with E-state index in [0.717, 1.165) is 31.0 Å². The van der Waals surface area contributed by atoms with Crippen LogP contribution in [0.15, 0.2) is 4.79 Å². The van der Waals surface area contributed by atoms with Crippen LogP contribution in [-0.4, -0.2) is 38.4 Å². The van der Waals surface area contributed by atoms with Crippen molar-refractivity contribution in [2.45, 2.75) is 99.5 Å². The van der Waals surface area contributed by atoms with Gasteiger partial charge in [-0.25, -0.2) is 0 Å². The molecule has 0 aliphatic rings. The molecule has 0 saturated carbocycles. The monoisotopic (exact) mass is 496 g/mol. The van der Waals surface area contributed by atoms with Gasteiger partial charge in [0, 0.05) is 24.3 Å². The molecular weight excluding hydrogens is 446 g/mol. The molecule has 5 unspecified atom stereocenters. The van der Waals surface area contributed by atoms with Crippen LogP contribution < -0.4 is 20.0 Å². The Morgan fingerprint density at radius 3 is 2.03 bits per heavy atom. The summed E-state index contributed by atoms with van der Waals surface area (Å²) in [5, 5.41) is 8.89. The first-order valence-electron chi connectivity index (χ1n) is 13.0. The normalized spacial score (nSPS) is 15.3. The molecule has 0 spiro atoms. The highest BCUT2D eigenvalue weighted by Crippen LogP contribution is 2.28. The molecule has 1 N–H and O–H groups in total. The van der Waals surface area contributed by atoms with Crippen LogP contribution in [0.1, 0.15) is 91.3 Å². The second-order valence-electron chi connectivity index (χ2n) is 10.1. The molecule has 0 aromatic carbocycles.